The van der Waals surface area contributed by atoms with Crippen molar-refractivity contribution in [2.45, 2.75) is 39.2 Å². The van der Waals surface area contributed by atoms with E-state index < -0.39 is 4.92 Å². The second-order valence-corrected chi connectivity index (χ2v) is 4.78. The van der Waals surface area contributed by atoms with Crippen molar-refractivity contribution in [3.05, 3.63) is 27.9 Å². The summed E-state index contributed by atoms with van der Waals surface area (Å²) < 4.78 is 0. The Morgan fingerprint density at radius 2 is 2.29 bits per heavy atom. The van der Waals surface area contributed by atoms with Crippen LogP contribution in [-0.2, 0) is 0 Å². The van der Waals surface area contributed by atoms with Crippen molar-refractivity contribution >= 4 is 11.5 Å². The zero-order chi connectivity index (χ0) is 12.4. The molecule has 2 unspecified atom stereocenters. The van der Waals surface area contributed by atoms with Gasteiger partial charge in [0.25, 0.3) is 5.69 Å². The van der Waals surface area contributed by atoms with Gasteiger partial charge in [0.15, 0.2) is 0 Å². The third kappa shape index (κ3) is 2.54. The summed E-state index contributed by atoms with van der Waals surface area (Å²) in [4.78, 5) is 14.3. The van der Waals surface area contributed by atoms with Crippen molar-refractivity contribution in [3.8, 4) is 0 Å². The molecule has 1 aliphatic carbocycles. The van der Waals surface area contributed by atoms with Gasteiger partial charge < -0.3 is 5.32 Å². The first-order valence-electron chi connectivity index (χ1n) is 5.95. The minimum atomic E-state index is -0.415. The summed E-state index contributed by atoms with van der Waals surface area (Å²) in [5.41, 5.74) is 0.880. The Hall–Kier alpha value is -1.65. The summed E-state index contributed by atoms with van der Waals surface area (Å²) in [6.45, 7) is 4.08. The molecule has 2 rings (SSSR count). The minimum absolute atomic E-state index is 0.0486. The van der Waals surface area contributed by atoms with Crippen LogP contribution in [0.3, 0.4) is 0 Å². The Labute approximate surface area is 100 Å². The minimum Gasteiger partial charge on any atom is -0.367 e. The first kappa shape index (κ1) is 11.8. The van der Waals surface area contributed by atoms with Crippen LogP contribution in [0.5, 0.6) is 0 Å². The lowest BCUT2D eigenvalue weighted by atomic mass is 10.1. The molecule has 1 heterocycles. The van der Waals surface area contributed by atoms with Gasteiger partial charge in [0.05, 0.1) is 4.92 Å². The molecule has 2 atom stereocenters. The van der Waals surface area contributed by atoms with Crippen LogP contribution >= 0.6 is 0 Å². The zero-order valence-electron chi connectivity index (χ0n) is 10.1. The lowest BCUT2D eigenvalue weighted by Gasteiger charge is -2.18. The fourth-order valence-corrected chi connectivity index (χ4v) is 2.35. The summed E-state index contributed by atoms with van der Waals surface area (Å²) in [5.74, 6) is 1.42. The molecule has 0 amide bonds. The molecule has 5 nitrogen and oxygen atoms in total. The van der Waals surface area contributed by atoms with Crippen molar-refractivity contribution in [2.24, 2.45) is 5.92 Å². The maximum absolute atomic E-state index is 10.6. The molecule has 17 heavy (non-hydrogen) atoms. The summed E-state index contributed by atoms with van der Waals surface area (Å²) in [6, 6.07) is 2.01. The SMILES string of the molecule is Cc1cc([N+](=O)[O-])cnc1NC1CCCC1C. The average Bonchev–Trinajstić information content (AvgIpc) is 2.67. The lowest BCUT2D eigenvalue weighted by Crippen LogP contribution is -2.23. The zero-order valence-corrected chi connectivity index (χ0v) is 10.1. The molecule has 92 valence electrons. The molecule has 0 radical (unpaired) electrons. The second kappa shape index (κ2) is 4.69. The summed E-state index contributed by atoms with van der Waals surface area (Å²) in [6.07, 6.45) is 4.95. The van der Waals surface area contributed by atoms with E-state index in [4.69, 9.17) is 0 Å². The van der Waals surface area contributed by atoms with E-state index in [2.05, 4.69) is 17.2 Å². The Morgan fingerprint density at radius 1 is 1.53 bits per heavy atom. The Morgan fingerprint density at radius 3 is 2.82 bits per heavy atom. The monoisotopic (exact) mass is 235 g/mol. The fourth-order valence-electron chi connectivity index (χ4n) is 2.35. The summed E-state index contributed by atoms with van der Waals surface area (Å²) in [5, 5.41) is 14.0. The van der Waals surface area contributed by atoms with Crippen LogP contribution in [0.25, 0.3) is 0 Å². The molecule has 5 heteroatoms. The molecule has 1 aromatic heterocycles. The largest absolute Gasteiger partial charge is 0.367 e. The highest BCUT2D eigenvalue weighted by molar-refractivity contribution is 5.49. The number of anilines is 1. The molecule has 1 saturated carbocycles. The molecular formula is C12H17N3O2. The van der Waals surface area contributed by atoms with Gasteiger partial charge in [0, 0.05) is 12.1 Å². The highest BCUT2D eigenvalue weighted by atomic mass is 16.6. The van der Waals surface area contributed by atoms with E-state index in [1.165, 1.54) is 19.0 Å². The lowest BCUT2D eigenvalue weighted by molar-refractivity contribution is -0.385. The maximum atomic E-state index is 10.6. The molecule has 0 aliphatic heterocycles. The number of hydrogen-bond donors (Lipinski definition) is 1. The van der Waals surface area contributed by atoms with Crippen molar-refractivity contribution < 1.29 is 4.92 Å². The Bertz CT molecular complexity index is 434. The fraction of sp³-hybridized carbons (Fsp3) is 0.583. The van der Waals surface area contributed by atoms with Crippen molar-refractivity contribution in [1.82, 2.24) is 4.98 Å². The first-order valence-corrected chi connectivity index (χ1v) is 5.95. The highest BCUT2D eigenvalue weighted by Crippen LogP contribution is 2.28. The molecule has 0 aromatic carbocycles. The predicted octanol–water partition coefficient (Wildman–Crippen LogP) is 2.90. The normalized spacial score (nSPS) is 23.6. The number of aryl methyl sites for hydroxylation is 1. The topological polar surface area (TPSA) is 68.1 Å². The van der Waals surface area contributed by atoms with E-state index in [9.17, 15) is 10.1 Å². The number of hydrogen-bond acceptors (Lipinski definition) is 4. The van der Waals surface area contributed by atoms with Crippen molar-refractivity contribution in [1.29, 1.82) is 0 Å². The molecule has 0 bridgehead atoms. The van der Waals surface area contributed by atoms with Crippen LogP contribution in [0.15, 0.2) is 12.3 Å². The van der Waals surface area contributed by atoms with Crippen molar-refractivity contribution in [3.63, 3.8) is 0 Å². The molecule has 1 fully saturated rings. The number of rotatable bonds is 3. The average molecular weight is 235 g/mol. The van der Waals surface area contributed by atoms with E-state index in [0.29, 0.717) is 12.0 Å². The Kier molecular flexibility index (Phi) is 3.26. The quantitative estimate of drug-likeness (QED) is 0.646. The van der Waals surface area contributed by atoms with Crippen LogP contribution in [-0.4, -0.2) is 15.9 Å². The molecule has 1 aliphatic rings. The highest BCUT2D eigenvalue weighted by Gasteiger charge is 2.24. The van der Waals surface area contributed by atoms with Gasteiger partial charge in [-0.05, 0) is 31.2 Å². The number of nitrogens with zero attached hydrogens (tertiary/aromatic N) is 2. The molecule has 1 N–H and O–H groups in total. The van der Waals surface area contributed by atoms with Crippen molar-refractivity contribution in [2.75, 3.05) is 5.32 Å². The number of pyridine rings is 1. The molecule has 0 spiro atoms. The third-order valence-corrected chi connectivity index (χ3v) is 3.46. The standard InChI is InChI=1S/C12H17N3O2/c1-8-4-3-5-11(8)14-12-9(2)6-10(7-13-12)15(16)17/h6-8,11H,3-5H2,1-2H3,(H,13,14). The van der Waals surface area contributed by atoms with Gasteiger partial charge in [0.2, 0.25) is 0 Å². The second-order valence-electron chi connectivity index (χ2n) is 4.78. The predicted molar refractivity (Wildman–Crippen MR) is 66.1 cm³/mol. The van der Waals surface area contributed by atoms with Crippen LogP contribution in [0.1, 0.15) is 31.7 Å². The van der Waals surface area contributed by atoms with Gasteiger partial charge in [0.1, 0.15) is 12.0 Å². The smallest absolute Gasteiger partial charge is 0.287 e. The van der Waals surface area contributed by atoms with Crippen LogP contribution in [0.4, 0.5) is 11.5 Å². The van der Waals surface area contributed by atoms with E-state index in [1.54, 1.807) is 6.07 Å². The van der Waals surface area contributed by atoms with Gasteiger partial charge in [-0.2, -0.15) is 0 Å². The summed E-state index contributed by atoms with van der Waals surface area (Å²) >= 11 is 0. The number of nitrogens with one attached hydrogen (secondary N) is 1. The molecule has 0 saturated heterocycles. The van der Waals surface area contributed by atoms with E-state index in [-0.39, 0.29) is 5.69 Å². The van der Waals surface area contributed by atoms with Gasteiger partial charge in [-0.3, -0.25) is 10.1 Å². The maximum Gasteiger partial charge on any atom is 0.287 e. The van der Waals surface area contributed by atoms with E-state index >= 15 is 0 Å². The molecular weight excluding hydrogens is 218 g/mol. The van der Waals surface area contributed by atoms with Crippen LogP contribution in [0.2, 0.25) is 0 Å². The number of nitro groups is 1. The number of aromatic nitrogens is 1. The van der Waals surface area contributed by atoms with E-state index in [0.717, 1.165) is 17.8 Å². The van der Waals surface area contributed by atoms with Gasteiger partial charge >= 0.3 is 0 Å². The Balaban J connectivity index is 2.14. The van der Waals surface area contributed by atoms with Gasteiger partial charge in [-0.1, -0.05) is 13.3 Å². The van der Waals surface area contributed by atoms with Gasteiger partial charge in [-0.25, -0.2) is 4.98 Å². The van der Waals surface area contributed by atoms with Crippen LogP contribution in [0, 0.1) is 23.0 Å². The molecule has 1 aromatic rings. The van der Waals surface area contributed by atoms with Gasteiger partial charge in [-0.15, -0.1) is 0 Å². The third-order valence-electron chi connectivity index (χ3n) is 3.46. The van der Waals surface area contributed by atoms with E-state index in [1.807, 2.05) is 6.92 Å². The van der Waals surface area contributed by atoms with Crippen LogP contribution < -0.4 is 5.32 Å². The summed E-state index contributed by atoms with van der Waals surface area (Å²) in [7, 11) is 0. The first-order chi connectivity index (χ1) is 8.08.